The van der Waals surface area contributed by atoms with Crippen molar-refractivity contribution in [3.63, 3.8) is 0 Å². The maximum absolute atomic E-state index is 9.08. The van der Waals surface area contributed by atoms with Crippen molar-refractivity contribution in [2.75, 3.05) is 6.26 Å². The van der Waals surface area contributed by atoms with E-state index < -0.39 is 10.1 Å². The van der Waals surface area contributed by atoms with Gasteiger partial charge < -0.3 is 4.55 Å². The molecule has 0 radical (unpaired) electrons. The molecule has 0 spiro atoms. The van der Waals surface area contributed by atoms with Crippen molar-refractivity contribution in [3.8, 4) is 0 Å². The number of hydrogen-bond acceptors (Lipinski definition) is 3. The molecule has 0 fully saturated rings. The molecule has 5 heteroatoms. The van der Waals surface area contributed by atoms with Crippen LogP contribution >= 0.6 is 0 Å². The molecule has 16 heavy (non-hydrogen) atoms. The SMILES string of the molecule is CS(=O)(=O)[O-].Cc1cc[n+](CC(C)C)cc1. The van der Waals surface area contributed by atoms with Gasteiger partial charge in [-0.2, -0.15) is 0 Å². The second kappa shape index (κ2) is 6.60. The third-order valence-electron chi connectivity index (χ3n) is 1.63. The molecule has 4 nitrogen and oxygen atoms in total. The molecule has 0 saturated carbocycles. The highest BCUT2D eigenvalue weighted by atomic mass is 32.2. The van der Waals surface area contributed by atoms with E-state index in [1.54, 1.807) is 0 Å². The Morgan fingerprint density at radius 1 is 1.31 bits per heavy atom. The predicted octanol–water partition coefficient (Wildman–Crippen LogP) is 1.10. The maximum atomic E-state index is 9.08. The van der Waals surface area contributed by atoms with Gasteiger partial charge in [-0.25, -0.2) is 13.0 Å². The van der Waals surface area contributed by atoms with Crippen LogP contribution in [0.1, 0.15) is 19.4 Å². The Kier molecular flexibility index (Phi) is 6.21. The van der Waals surface area contributed by atoms with Crippen molar-refractivity contribution in [2.24, 2.45) is 5.92 Å². The van der Waals surface area contributed by atoms with Crippen molar-refractivity contribution in [1.82, 2.24) is 0 Å². The van der Waals surface area contributed by atoms with Gasteiger partial charge in [0, 0.05) is 24.3 Å². The molecule has 1 aromatic rings. The van der Waals surface area contributed by atoms with E-state index in [0.717, 1.165) is 12.5 Å². The average molecular weight is 245 g/mol. The summed E-state index contributed by atoms with van der Waals surface area (Å²) in [5.41, 5.74) is 1.32. The molecular weight excluding hydrogens is 226 g/mol. The molecule has 0 bridgehead atoms. The van der Waals surface area contributed by atoms with Gasteiger partial charge in [0.2, 0.25) is 0 Å². The molecule has 0 aromatic carbocycles. The monoisotopic (exact) mass is 245 g/mol. The predicted molar refractivity (Wildman–Crippen MR) is 61.8 cm³/mol. The normalized spacial score (nSPS) is 10.9. The van der Waals surface area contributed by atoms with Crippen LogP contribution in [0.25, 0.3) is 0 Å². The first-order valence-corrected chi connectivity index (χ1v) is 6.86. The van der Waals surface area contributed by atoms with E-state index in [1.807, 2.05) is 0 Å². The Balaban J connectivity index is 0.000000385. The summed E-state index contributed by atoms with van der Waals surface area (Å²) in [7, 11) is -3.92. The van der Waals surface area contributed by atoms with E-state index in [4.69, 9.17) is 13.0 Å². The topological polar surface area (TPSA) is 61.1 Å². The standard InChI is InChI=1S/C10H16N.CH4O3S/c1-9(2)8-11-6-4-10(3)5-7-11;1-5(2,3)4/h4-7,9H,8H2,1-3H3;1H3,(H,2,3,4)/q+1;/p-1. The lowest BCUT2D eigenvalue weighted by Crippen LogP contribution is -2.35. The summed E-state index contributed by atoms with van der Waals surface area (Å²) in [4.78, 5) is 0. The first-order valence-electron chi connectivity index (χ1n) is 5.05. The molecule has 1 aromatic heterocycles. The Labute approximate surface area is 97.7 Å². The summed E-state index contributed by atoms with van der Waals surface area (Å²) in [6.07, 6.45) is 4.87. The van der Waals surface area contributed by atoms with Crippen molar-refractivity contribution >= 4 is 10.1 Å². The van der Waals surface area contributed by atoms with Gasteiger partial charge in [0.1, 0.15) is 0 Å². The van der Waals surface area contributed by atoms with Crippen LogP contribution in [-0.2, 0) is 16.7 Å². The van der Waals surface area contributed by atoms with Crippen molar-refractivity contribution < 1.29 is 17.5 Å². The zero-order chi connectivity index (χ0) is 12.8. The maximum Gasteiger partial charge on any atom is 0.169 e. The smallest absolute Gasteiger partial charge is 0.169 e. The molecule has 0 aliphatic carbocycles. The first kappa shape index (κ1) is 15.1. The number of hydrogen-bond donors (Lipinski definition) is 0. The largest absolute Gasteiger partial charge is 0.748 e. The van der Waals surface area contributed by atoms with Crippen molar-refractivity contribution in [3.05, 3.63) is 30.1 Å². The molecule has 1 heterocycles. The molecule has 0 saturated heterocycles. The highest BCUT2D eigenvalue weighted by Gasteiger charge is 2.01. The van der Waals surface area contributed by atoms with Gasteiger partial charge in [-0.15, -0.1) is 0 Å². The fourth-order valence-electron chi connectivity index (χ4n) is 1.08. The van der Waals surface area contributed by atoms with E-state index >= 15 is 0 Å². The lowest BCUT2D eigenvalue weighted by atomic mass is 10.2. The summed E-state index contributed by atoms with van der Waals surface area (Å²) in [6.45, 7) is 7.68. The Hall–Kier alpha value is -0.940. The van der Waals surface area contributed by atoms with Gasteiger partial charge in [0.25, 0.3) is 0 Å². The van der Waals surface area contributed by atoms with Crippen LogP contribution in [0, 0.1) is 12.8 Å². The minimum atomic E-state index is -3.92. The first-order chi connectivity index (χ1) is 7.18. The van der Waals surface area contributed by atoms with Gasteiger partial charge in [-0.05, 0) is 12.5 Å². The number of aryl methyl sites for hydroxylation is 1. The van der Waals surface area contributed by atoms with Gasteiger partial charge in [-0.1, -0.05) is 13.8 Å². The van der Waals surface area contributed by atoms with Gasteiger partial charge >= 0.3 is 0 Å². The van der Waals surface area contributed by atoms with E-state index in [9.17, 15) is 0 Å². The molecule has 92 valence electrons. The lowest BCUT2D eigenvalue weighted by molar-refractivity contribution is -0.702. The van der Waals surface area contributed by atoms with Crippen molar-refractivity contribution in [2.45, 2.75) is 27.3 Å². The summed E-state index contributed by atoms with van der Waals surface area (Å²) in [5, 5.41) is 0. The van der Waals surface area contributed by atoms with Crippen LogP contribution in [0.5, 0.6) is 0 Å². The Bertz CT molecular complexity index is 388. The van der Waals surface area contributed by atoms with Gasteiger partial charge in [-0.3, -0.25) is 0 Å². The summed E-state index contributed by atoms with van der Waals surface area (Å²) >= 11 is 0. The van der Waals surface area contributed by atoms with Gasteiger partial charge in [0.15, 0.2) is 18.9 Å². The van der Waals surface area contributed by atoms with Crippen molar-refractivity contribution in [1.29, 1.82) is 0 Å². The highest BCUT2D eigenvalue weighted by Crippen LogP contribution is 1.93. The molecule has 1 rings (SSSR count). The van der Waals surface area contributed by atoms with E-state index in [0.29, 0.717) is 6.26 Å². The number of aromatic nitrogens is 1. The quantitative estimate of drug-likeness (QED) is 0.579. The number of rotatable bonds is 2. The van der Waals surface area contributed by atoms with E-state index in [-0.39, 0.29) is 0 Å². The molecule has 0 amide bonds. The minimum absolute atomic E-state index is 0.604. The number of pyridine rings is 1. The van der Waals surface area contributed by atoms with Crippen LogP contribution in [-0.4, -0.2) is 19.2 Å². The summed E-state index contributed by atoms with van der Waals surface area (Å²) < 4.78 is 29.4. The molecule has 0 N–H and O–H groups in total. The third-order valence-corrected chi connectivity index (χ3v) is 1.63. The molecule has 0 aliphatic heterocycles. The zero-order valence-corrected chi connectivity index (χ0v) is 11.0. The molecule has 0 atom stereocenters. The van der Waals surface area contributed by atoms with Crippen LogP contribution in [0.15, 0.2) is 24.5 Å². The summed E-state index contributed by atoms with van der Waals surface area (Å²) in [6, 6.07) is 4.28. The van der Waals surface area contributed by atoms with Crippen LogP contribution < -0.4 is 4.57 Å². The third kappa shape index (κ3) is 11.1. The second-order valence-corrected chi connectivity index (χ2v) is 5.58. The fraction of sp³-hybridized carbons (Fsp3) is 0.545. The molecule has 0 aliphatic rings. The molecule has 0 unspecified atom stereocenters. The second-order valence-electron chi connectivity index (χ2n) is 4.17. The van der Waals surface area contributed by atoms with E-state index in [2.05, 4.69) is 49.9 Å². The Morgan fingerprint density at radius 3 is 2.00 bits per heavy atom. The fourth-order valence-corrected chi connectivity index (χ4v) is 1.08. The highest BCUT2D eigenvalue weighted by molar-refractivity contribution is 7.84. The lowest BCUT2D eigenvalue weighted by Gasteiger charge is -1.99. The minimum Gasteiger partial charge on any atom is -0.748 e. The van der Waals surface area contributed by atoms with Crippen LogP contribution in [0.4, 0.5) is 0 Å². The zero-order valence-electron chi connectivity index (χ0n) is 10.2. The van der Waals surface area contributed by atoms with Crippen LogP contribution in [0.3, 0.4) is 0 Å². The Morgan fingerprint density at radius 2 is 1.69 bits per heavy atom. The summed E-state index contributed by atoms with van der Waals surface area (Å²) in [5.74, 6) is 0.725. The average Bonchev–Trinajstić information content (AvgIpc) is 2.05. The van der Waals surface area contributed by atoms with E-state index in [1.165, 1.54) is 5.56 Å². The van der Waals surface area contributed by atoms with Crippen LogP contribution in [0.2, 0.25) is 0 Å². The molecular formula is C11H19NO3S. The number of nitrogens with zero attached hydrogens (tertiary/aromatic N) is 1. The van der Waals surface area contributed by atoms with Gasteiger partial charge in [0.05, 0.1) is 10.1 Å².